The zero-order chi connectivity index (χ0) is 11.4. The number of carbonyl (C=O) groups is 1. The molecule has 0 atom stereocenters. The van der Waals surface area contributed by atoms with Crippen LogP contribution < -0.4 is 10.6 Å². The van der Waals surface area contributed by atoms with Gasteiger partial charge in [-0.3, -0.25) is 4.79 Å². The van der Waals surface area contributed by atoms with E-state index in [-0.39, 0.29) is 12.4 Å². The Bertz CT molecular complexity index is 154. The minimum Gasteiger partial charge on any atom is -0.379 e. The summed E-state index contributed by atoms with van der Waals surface area (Å²) in [6, 6.07) is 0. The first-order valence-corrected chi connectivity index (χ1v) is 5.27. The maximum atomic E-state index is 10.5. The molecule has 0 heterocycles. The first-order chi connectivity index (χ1) is 7.27. The third-order valence-electron chi connectivity index (χ3n) is 1.65. The van der Waals surface area contributed by atoms with Gasteiger partial charge in [-0.1, -0.05) is 0 Å². The number of likely N-dealkylation sites (N-methyl/N-ethyl adjacent to an activating group) is 1. The summed E-state index contributed by atoms with van der Waals surface area (Å²) in [6.07, 6.45) is 0. The molecule has 0 radical (unpaired) electrons. The van der Waals surface area contributed by atoms with Crippen molar-refractivity contribution < 1.29 is 14.3 Å². The molecule has 0 aromatic heterocycles. The molecule has 0 aromatic carbocycles. The second-order valence-corrected chi connectivity index (χ2v) is 3.22. The molecule has 0 aliphatic carbocycles. The first kappa shape index (κ1) is 14.5. The topological polar surface area (TPSA) is 59.6 Å². The lowest BCUT2D eigenvalue weighted by molar-refractivity contribution is -0.121. The Morgan fingerprint density at radius 3 is 2.27 bits per heavy atom. The number of carbonyl (C=O) groups excluding carboxylic acids is 1. The second-order valence-electron chi connectivity index (χ2n) is 3.22. The summed E-state index contributed by atoms with van der Waals surface area (Å²) in [5, 5.41) is 6.15. The van der Waals surface area contributed by atoms with Gasteiger partial charge in [0, 0.05) is 19.6 Å². The number of nitrogens with one attached hydrogen (secondary N) is 2. The quantitative estimate of drug-likeness (QED) is 0.454. The number of hydrogen-bond acceptors (Lipinski definition) is 5. The van der Waals surface area contributed by atoms with Gasteiger partial charge >= 0.3 is 0 Å². The van der Waals surface area contributed by atoms with Crippen LogP contribution in [0.25, 0.3) is 0 Å². The van der Waals surface area contributed by atoms with E-state index in [0.29, 0.717) is 13.2 Å². The average Bonchev–Trinajstić information content (AvgIpc) is 2.20. The zero-order valence-electron chi connectivity index (χ0n) is 9.67. The fraction of sp³-hybridized carbons (Fsp3) is 0.900. The van der Waals surface area contributed by atoms with Crippen molar-refractivity contribution in [1.82, 2.24) is 10.6 Å². The van der Waals surface area contributed by atoms with E-state index in [0.717, 1.165) is 26.2 Å². The van der Waals surface area contributed by atoms with Crippen LogP contribution in [0.3, 0.4) is 0 Å². The number of ether oxygens (including phenoxy) is 2. The van der Waals surface area contributed by atoms with Gasteiger partial charge in [0.2, 0.25) is 0 Å². The van der Waals surface area contributed by atoms with Crippen LogP contribution in [0, 0.1) is 0 Å². The lowest BCUT2D eigenvalue weighted by Crippen LogP contribution is -2.25. The van der Waals surface area contributed by atoms with E-state index in [4.69, 9.17) is 9.47 Å². The van der Waals surface area contributed by atoms with E-state index in [2.05, 4.69) is 10.6 Å². The first-order valence-electron chi connectivity index (χ1n) is 5.27. The average molecular weight is 218 g/mol. The number of hydrogen-bond donors (Lipinski definition) is 2. The molecular weight excluding hydrogens is 196 g/mol. The van der Waals surface area contributed by atoms with Crippen molar-refractivity contribution in [1.29, 1.82) is 0 Å². The number of ketones is 1. The Kier molecular flexibility index (Phi) is 11.2. The van der Waals surface area contributed by atoms with Crippen LogP contribution in [0.15, 0.2) is 0 Å². The normalized spacial score (nSPS) is 10.5. The highest BCUT2D eigenvalue weighted by Crippen LogP contribution is 1.76. The summed E-state index contributed by atoms with van der Waals surface area (Å²) >= 11 is 0. The Labute approximate surface area is 91.5 Å². The third-order valence-corrected chi connectivity index (χ3v) is 1.65. The van der Waals surface area contributed by atoms with Gasteiger partial charge in [-0.2, -0.15) is 0 Å². The van der Waals surface area contributed by atoms with E-state index in [1.165, 1.54) is 6.92 Å². The molecule has 0 aliphatic rings. The summed E-state index contributed by atoms with van der Waals surface area (Å²) in [7, 11) is 1.90. The molecule has 0 amide bonds. The fourth-order valence-corrected chi connectivity index (χ4v) is 0.906. The van der Waals surface area contributed by atoms with Crippen LogP contribution in [-0.2, 0) is 14.3 Å². The van der Waals surface area contributed by atoms with Crippen LogP contribution >= 0.6 is 0 Å². The molecule has 0 spiro atoms. The summed E-state index contributed by atoms with van der Waals surface area (Å²) in [5.74, 6) is 0.0606. The van der Waals surface area contributed by atoms with E-state index in [1.54, 1.807) is 0 Å². The van der Waals surface area contributed by atoms with Crippen molar-refractivity contribution in [3.05, 3.63) is 0 Å². The lowest BCUT2D eigenvalue weighted by Gasteiger charge is -2.06. The minimum absolute atomic E-state index is 0.0606. The highest BCUT2D eigenvalue weighted by atomic mass is 16.5. The highest BCUT2D eigenvalue weighted by Gasteiger charge is 1.92. The predicted octanol–water partition coefficient (Wildman–Crippen LogP) is -0.582. The van der Waals surface area contributed by atoms with Gasteiger partial charge in [-0.05, 0) is 14.0 Å². The fourth-order valence-electron chi connectivity index (χ4n) is 0.906. The van der Waals surface area contributed by atoms with Crippen LogP contribution in [-0.4, -0.2) is 58.9 Å². The molecule has 0 aromatic rings. The Morgan fingerprint density at radius 1 is 1.07 bits per heavy atom. The standard InChI is InChI=1S/C10H22N2O3/c1-10(13)9-15-8-5-12-4-7-14-6-3-11-2/h11-12H,3-9H2,1-2H3. The lowest BCUT2D eigenvalue weighted by atomic mass is 10.5. The van der Waals surface area contributed by atoms with Crippen LogP contribution in [0.4, 0.5) is 0 Å². The molecule has 0 unspecified atom stereocenters. The Morgan fingerprint density at radius 2 is 1.67 bits per heavy atom. The van der Waals surface area contributed by atoms with E-state index < -0.39 is 0 Å². The van der Waals surface area contributed by atoms with Gasteiger partial charge < -0.3 is 20.1 Å². The van der Waals surface area contributed by atoms with E-state index in [9.17, 15) is 4.79 Å². The summed E-state index contributed by atoms with van der Waals surface area (Å²) in [6.45, 7) is 6.17. The Hall–Kier alpha value is -0.490. The highest BCUT2D eigenvalue weighted by molar-refractivity contribution is 5.76. The number of rotatable bonds is 11. The molecule has 5 heteroatoms. The van der Waals surface area contributed by atoms with Crippen LogP contribution in [0.5, 0.6) is 0 Å². The second kappa shape index (κ2) is 11.6. The molecule has 5 nitrogen and oxygen atoms in total. The van der Waals surface area contributed by atoms with Crippen molar-refractivity contribution in [2.75, 3.05) is 53.1 Å². The SMILES string of the molecule is CNCCOCCNCCOCC(C)=O. The van der Waals surface area contributed by atoms with Crippen molar-refractivity contribution >= 4 is 5.78 Å². The molecule has 90 valence electrons. The molecule has 0 rings (SSSR count). The zero-order valence-corrected chi connectivity index (χ0v) is 9.67. The predicted molar refractivity (Wildman–Crippen MR) is 59.1 cm³/mol. The van der Waals surface area contributed by atoms with Crippen molar-refractivity contribution in [2.45, 2.75) is 6.92 Å². The van der Waals surface area contributed by atoms with Crippen LogP contribution in [0.2, 0.25) is 0 Å². The van der Waals surface area contributed by atoms with Gasteiger partial charge in [0.1, 0.15) is 6.61 Å². The molecule has 0 saturated carbocycles. The largest absolute Gasteiger partial charge is 0.379 e. The van der Waals surface area contributed by atoms with Crippen molar-refractivity contribution in [3.8, 4) is 0 Å². The molecule has 0 aliphatic heterocycles. The van der Waals surface area contributed by atoms with E-state index >= 15 is 0 Å². The number of Topliss-reactive ketones (excluding diaryl/α,β-unsaturated/α-hetero) is 1. The monoisotopic (exact) mass is 218 g/mol. The maximum Gasteiger partial charge on any atom is 0.155 e. The van der Waals surface area contributed by atoms with Crippen LogP contribution in [0.1, 0.15) is 6.92 Å². The smallest absolute Gasteiger partial charge is 0.155 e. The molecule has 0 fully saturated rings. The van der Waals surface area contributed by atoms with Gasteiger partial charge in [0.25, 0.3) is 0 Å². The van der Waals surface area contributed by atoms with Crippen molar-refractivity contribution in [2.24, 2.45) is 0 Å². The van der Waals surface area contributed by atoms with E-state index in [1.807, 2.05) is 7.05 Å². The molecule has 0 bridgehead atoms. The molecule has 15 heavy (non-hydrogen) atoms. The summed E-state index contributed by atoms with van der Waals surface area (Å²) < 4.78 is 10.4. The molecular formula is C10H22N2O3. The molecule has 2 N–H and O–H groups in total. The molecule has 0 saturated heterocycles. The van der Waals surface area contributed by atoms with Gasteiger partial charge in [0.05, 0.1) is 19.8 Å². The minimum atomic E-state index is 0.0606. The summed E-state index contributed by atoms with van der Waals surface area (Å²) in [4.78, 5) is 10.5. The Balaban J connectivity index is 2.89. The van der Waals surface area contributed by atoms with Gasteiger partial charge in [0.15, 0.2) is 5.78 Å². The van der Waals surface area contributed by atoms with Gasteiger partial charge in [-0.15, -0.1) is 0 Å². The third kappa shape index (κ3) is 13.5. The van der Waals surface area contributed by atoms with Crippen molar-refractivity contribution in [3.63, 3.8) is 0 Å². The van der Waals surface area contributed by atoms with Gasteiger partial charge in [-0.25, -0.2) is 0 Å². The maximum absolute atomic E-state index is 10.5. The summed E-state index contributed by atoms with van der Waals surface area (Å²) in [5.41, 5.74) is 0.